The lowest BCUT2D eigenvalue weighted by molar-refractivity contribution is -0.140. The van der Waals surface area contributed by atoms with Gasteiger partial charge in [-0.05, 0) is 24.6 Å². The summed E-state index contributed by atoms with van der Waals surface area (Å²) in [7, 11) is 0. The van der Waals surface area contributed by atoms with E-state index in [9.17, 15) is 9.59 Å². The van der Waals surface area contributed by atoms with Crippen molar-refractivity contribution < 1.29 is 19.1 Å². The van der Waals surface area contributed by atoms with Gasteiger partial charge in [0.25, 0.3) is 5.91 Å². The quantitative estimate of drug-likeness (QED) is 0.814. The average molecular weight is 409 g/mol. The van der Waals surface area contributed by atoms with Crippen LogP contribution in [0.4, 0.5) is 0 Å². The van der Waals surface area contributed by atoms with E-state index in [1.165, 1.54) is 5.56 Å². The fraction of sp³-hybridized carbons (Fsp3) is 0.391. The highest BCUT2D eigenvalue weighted by Gasteiger charge is 2.31. The number of carbonyl (C=O) groups is 2. The number of nitrogens with zero attached hydrogens (tertiary/aromatic N) is 2. The zero-order valence-corrected chi connectivity index (χ0v) is 17.1. The van der Waals surface area contributed by atoms with Crippen molar-refractivity contribution in [1.82, 2.24) is 15.1 Å². The van der Waals surface area contributed by atoms with Crippen molar-refractivity contribution in [2.75, 3.05) is 32.8 Å². The van der Waals surface area contributed by atoms with Gasteiger partial charge in [0.15, 0.2) is 11.5 Å². The molecule has 158 valence electrons. The van der Waals surface area contributed by atoms with Crippen LogP contribution >= 0.6 is 0 Å². The third-order valence-electron chi connectivity index (χ3n) is 5.46. The summed E-state index contributed by atoms with van der Waals surface area (Å²) in [5, 5.41) is 2.78. The minimum Gasteiger partial charge on any atom is -0.485 e. The molecule has 2 amide bonds. The number of piperazine rings is 1. The number of hydrogen-bond acceptors (Lipinski definition) is 5. The van der Waals surface area contributed by atoms with Crippen molar-refractivity contribution in [2.24, 2.45) is 0 Å². The number of para-hydroxylation sites is 2. The maximum absolute atomic E-state index is 12.8. The van der Waals surface area contributed by atoms with E-state index >= 15 is 0 Å². The van der Waals surface area contributed by atoms with Gasteiger partial charge in [0.2, 0.25) is 12.0 Å². The zero-order valence-electron chi connectivity index (χ0n) is 17.1. The van der Waals surface area contributed by atoms with E-state index in [0.717, 1.165) is 19.6 Å². The normalized spacial score (nSPS) is 19.8. The summed E-state index contributed by atoms with van der Waals surface area (Å²) >= 11 is 0. The molecule has 0 spiro atoms. The highest BCUT2D eigenvalue weighted by molar-refractivity contribution is 5.89. The summed E-state index contributed by atoms with van der Waals surface area (Å²) < 4.78 is 11.3. The number of carbonyl (C=O) groups excluding carboxylic acids is 2. The van der Waals surface area contributed by atoms with Gasteiger partial charge in [0.05, 0.1) is 0 Å². The Balaban J connectivity index is 1.25. The molecule has 0 aromatic heterocycles. The Morgan fingerprint density at radius 1 is 1.00 bits per heavy atom. The number of rotatable bonds is 5. The van der Waals surface area contributed by atoms with Crippen LogP contribution in [0, 0.1) is 0 Å². The molecule has 0 aliphatic carbocycles. The monoisotopic (exact) mass is 409 g/mol. The minimum atomic E-state index is -0.766. The minimum absolute atomic E-state index is 0.0696. The largest absolute Gasteiger partial charge is 0.485 e. The number of hydrogen-bond donors (Lipinski definition) is 1. The van der Waals surface area contributed by atoms with Crippen molar-refractivity contribution >= 4 is 11.8 Å². The number of fused-ring (bicyclic) bond motifs is 1. The molecule has 30 heavy (non-hydrogen) atoms. The van der Waals surface area contributed by atoms with Gasteiger partial charge in [-0.15, -0.1) is 0 Å². The van der Waals surface area contributed by atoms with Crippen LogP contribution in [0.15, 0.2) is 54.6 Å². The van der Waals surface area contributed by atoms with Gasteiger partial charge in [0.1, 0.15) is 12.6 Å². The zero-order chi connectivity index (χ0) is 20.9. The Morgan fingerprint density at radius 2 is 1.67 bits per heavy atom. The molecule has 1 fully saturated rings. The summed E-state index contributed by atoms with van der Waals surface area (Å²) in [6.45, 7) is 5.67. The van der Waals surface area contributed by atoms with Crippen LogP contribution in [-0.4, -0.2) is 66.5 Å². The van der Waals surface area contributed by atoms with Gasteiger partial charge in [-0.25, -0.2) is 0 Å². The number of nitrogens with one attached hydrogen (secondary N) is 1. The van der Waals surface area contributed by atoms with Crippen LogP contribution in [0.5, 0.6) is 11.5 Å². The Bertz CT molecular complexity index is 881. The van der Waals surface area contributed by atoms with Gasteiger partial charge in [-0.1, -0.05) is 42.5 Å². The lowest BCUT2D eigenvalue weighted by Crippen LogP contribution is -2.56. The van der Waals surface area contributed by atoms with E-state index < -0.39 is 12.1 Å². The van der Waals surface area contributed by atoms with Crippen LogP contribution < -0.4 is 14.8 Å². The maximum atomic E-state index is 12.8. The first-order chi connectivity index (χ1) is 14.6. The first kappa shape index (κ1) is 20.2. The molecular formula is C23H27N3O4. The molecule has 2 heterocycles. The molecule has 4 rings (SSSR count). The molecule has 1 saturated heterocycles. The van der Waals surface area contributed by atoms with Gasteiger partial charge >= 0.3 is 0 Å². The molecule has 7 heteroatoms. The van der Waals surface area contributed by atoms with E-state index in [4.69, 9.17) is 9.47 Å². The van der Waals surface area contributed by atoms with Crippen molar-refractivity contribution in [3.05, 3.63) is 60.2 Å². The molecule has 0 radical (unpaired) electrons. The van der Waals surface area contributed by atoms with Crippen molar-refractivity contribution in [1.29, 1.82) is 0 Å². The Kier molecular flexibility index (Phi) is 6.18. The summed E-state index contributed by atoms with van der Waals surface area (Å²) in [6, 6.07) is 17.0. The van der Waals surface area contributed by atoms with Crippen LogP contribution in [0.2, 0.25) is 0 Å². The molecule has 2 aliphatic heterocycles. The molecule has 1 N–H and O–H groups in total. The Labute approximate surface area is 176 Å². The second-order valence-electron chi connectivity index (χ2n) is 7.68. The fourth-order valence-electron chi connectivity index (χ4n) is 3.76. The van der Waals surface area contributed by atoms with Crippen LogP contribution in [0.25, 0.3) is 0 Å². The lowest BCUT2D eigenvalue weighted by atomic mass is 10.2. The van der Waals surface area contributed by atoms with Crippen molar-refractivity contribution in [3.8, 4) is 11.5 Å². The topological polar surface area (TPSA) is 71.1 Å². The molecule has 7 nitrogen and oxygen atoms in total. The average Bonchev–Trinajstić information content (AvgIpc) is 2.79. The smallest absolute Gasteiger partial charge is 0.265 e. The van der Waals surface area contributed by atoms with Gasteiger partial charge < -0.3 is 19.7 Å². The van der Waals surface area contributed by atoms with Crippen molar-refractivity contribution in [3.63, 3.8) is 0 Å². The van der Waals surface area contributed by atoms with Crippen molar-refractivity contribution in [2.45, 2.75) is 25.6 Å². The van der Waals surface area contributed by atoms with Gasteiger partial charge in [-0.2, -0.15) is 0 Å². The Hall–Kier alpha value is -3.06. The molecule has 2 aromatic carbocycles. The van der Waals surface area contributed by atoms with Crippen LogP contribution in [-0.2, 0) is 16.1 Å². The third-order valence-corrected chi connectivity index (χ3v) is 5.46. The van der Waals surface area contributed by atoms with E-state index in [1.54, 1.807) is 19.1 Å². The number of ether oxygens (including phenoxy) is 2. The molecular weight excluding hydrogens is 382 g/mol. The van der Waals surface area contributed by atoms with Gasteiger partial charge in [-0.3, -0.25) is 14.5 Å². The second-order valence-corrected chi connectivity index (χ2v) is 7.68. The van der Waals surface area contributed by atoms with E-state index in [0.29, 0.717) is 24.6 Å². The molecule has 2 aliphatic rings. The highest BCUT2D eigenvalue weighted by atomic mass is 16.6. The predicted octanol–water partition coefficient (Wildman–Crippen LogP) is 1.68. The lowest BCUT2D eigenvalue weighted by Gasteiger charge is -2.36. The molecule has 0 bridgehead atoms. The SMILES string of the molecule is C[C@H](NC(=O)C1COc2ccccc2O1)C(=O)N1CCN(Cc2ccccc2)CC1. The maximum Gasteiger partial charge on any atom is 0.265 e. The van der Waals surface area contributed by atoms with E-state index in [2.05, 4.69) is 22.3 Å². The molecule has 1 unspecified atom stereocenters. The summed E-state index contributed by atoms with van der Waals surface area (Å²) in [4.78, 5) is 29.5. The predicted molar refractivity (Wildman–Crippen MR) is 112 cm³/mol. The summed E-state index contributed by atoms with van der Waals surface area (Å²) in [5.41, 5.74) is 1.27. The molecule has 0 saturated carbocycles. The Morgan fingerprint density at radius 3 is 2.40 bits per heavy atom. The summed E-state index contributed by atoms with van der Waals surface area (Å²) in [5.74, 6) is 0.754. The van der Waals surface area contributed by atoms with Gasteiger partial charge in [0, 0.05) is 32.7 Å². The standard InChI is InChI=1S/C23H27N3O4/c1-17(24-22(27)21-16-29-19-9-5-6-10-20(19)30-21)23(28)26-13-11-25(12-14-26)15-18-7-3-2-4-8-18/h2-10,17,21H,11-16H2,1H3,(H,24,27)/t17-,21?/m0/s1. The number of benzene rings is 2. The first-order valence-electron chi connectivity index (χ1n) is 10.3. The van der Waals surface area contributed by atoms with E-state index in [1.807, 2.05) is 35.2 Å². The van der Waals surface area contributed by atoms with E-state index in [-0.39, 0.29) is 18.4 Å². The molecule has 2 atom stereocenters. The second kappa shape index (κ2) is 9.17. The molecule has 2 aromatic rings. The number of amides is 2. The fourth-order valence-corrected chi connectivity index (χ4v) is 3.76. The summed E-state index contributed by atoms with van der Waals surface area (Å²) in [6.07, 6.45) is -0.766. The van der Waals surface area contributed by atoms with Crippen LogP contribution in [0.1, 0.15) is 12.5 Å². The third kappa shape index (κ3) is 4.74. The first-order valence-corrected chi connectivity index (χ1v) is 10.3. The van der Waals surface area contributed by atoms with Crippen LogP contribution in [0.3, 0.4) is 0 Å². The highest BCUT2D eigenvalue weighted by Crippen LogP contribution is 2.30.